The molecular weight excluding hydrogens is 446 g/mol. The van der Waals surface area contributed by atoms with E-state index >= 15 is 0 Å². The molecule has 4 nitrogen and oxygen atoms in total. The second-order valence-electron chi connectivity index (χ2n) is 9.75. The Morgan fingerprint density at radius 1 is 0.778 bits per heavy atom. The number of rotatable bonds is 20. The third-order valence-corrected chi connectivity index (χ3v) is 6.48. The van der Waals surface area contributed by atoms with Crippen LogP contribution < -0.4 is 14.8 Å². The fourth-order valence-corrected chi connectivity index (χ4v) is 3.81. The fourth-order valence-electron chi connectivity index (χ4n) is 3.81. The number of unbranched alkanes of at least 4 members (excludes halogenated alkanes) is 9. The highest BCUT2D eigenvalue weighted by atomic mass is 16.5. The molecule has 1 atom stereocenters. The number of anilines is 1. The Balaban J connectivity index is 1.59. The van der Waals surface area contributed by atoms with Gasteiger partial charge in [0.2, 0.25) is 0 Å². The average molecular weight is 494 g/mol. The highest BCUT2D eigenvalue weighted by Crippen LogP contribution is 2.18. The standard InChI is InChI=1S/C32H47NO3/c1-4-6-7-8-9-10-11-12-13-14-25-35-30-21-17-29(18-22-30)33-24-23-32(34)28-15-19-31(20-16-28)36-26-27(3)5-2/h15-24,27,33H,4-14,25-26H2,1-3H3/b24-23+/t27-/m0/s1. The smallest absolute Gasteiger partial charge is 0.187 e. The number of ether oxygens (including phenoxy) is 2. The van der Waals surface area contributed by atoms with E-state index in [2.05, 4.69) is 26.1 Å². The number of nitrogens with one attached hydrogen (secondary N) is 1. The van der Waals surface area contributed by atoms with Gasteiger partial charge in [0.05, 0.1) is 13.2 Å². The van der Waals surface area contributed by atoms with E-state index in [4.69, 9.17) is 9.47 Å². The Kier molecular flexibility index (Phi) is 15.2. The zero-order valence-corrected chi connectivity index (χ0v) is 22.8. The molecule has 0 aromatic heterocycles. The number of ketones is 1. The van der Waals surface area contributed by atoms with Crippen molar-refractivity contribution in [3.63, 3.8) is 0 Å². The summed E-state index contributed by atoms with van der Waals surface area (Å²) in [6, 6.07) is 15.2. The van der Waals surface area contributed by atoms with Crippen LogP contribution in [0.15, 0.2) is 60.8 Å². The minimum Gasteiger partial charge on any atom is -0.494 e. The topological polar surface area (TPSA) is 47.6 Å². The van der Waals surface area contributed by atoms with E-state index in [-0.39, 0.29) is 5.78 Å². The SMILES string of the molecule is CCCCCCCCCCCCOc1ccc(N/C=C/C(=O)c2ccc(OC[C@@H](C)CC)cc2)cc1. The lowest BCUT2D eigenvalue weighted by Gasteiger charge is -2.10. The first-order valence-electron chi connectivity index (χ1n) is 14.1. The largest absolute Gasteiger partial charge is 0.494 e. The molecule has 198 valence electrons. The summed E-state index contributed by atoms with van der Waals surface area (Å²) in [5.41, 5.74) is 1.55. The molecular formula is C32H47NO3. The molecule has 2 aromatic rings. The van der Waals surface area contributed by atoms with Crippen LogP contribution in [0.1, 0.15) is 102 Å². The van der Waals surface area contributed by atoms with Crippen LogP contribution in [-0.4, -0.2) is 19.0 Å². The molecule has 0 saturated heterocycles. The quantitative estimate of drug-likeness (QED) is 0.113. The van der Waals surface area contributed by atoms with Crippen LogP contribution in [0.5, 0.6) is 11.5 Å². The van der Waals surface area contributed by atoms with E-state index < -0.39 is 0 Å². The summed E-state index contributed by atoms with van der Waals surface area (Å²) in [6.07, 6.45) is 17.6. The van der Waals surface area contributed by atoms with E-state index in [0.29, 0.717) is 18.1 Å². The second-order valence-corrected chi connectivity index (χ2v) is 9.75. The average Bonchev–Trinajstić information content (AvgIpc) is 2.91. The lowest BCUT2D eigenvalue weighted by Crippen LogP contribution is -2.07. The summed E-state index contributed by atoms with van der Waals surface area (Å²) in [5.74, 6) is 2.15. The molecule has 0 aliphatic carbocycles. The van der Waals surface area contributed by atoms with Gasteiger partial charge in [-0.15, -0.1) is 0 Å². The predicted molar refractivity (Wildman–Crippen MR) is 152 cm³/mol. The van der Waals surface area contributed by atoms with Crippen LogP contribution in [0, 0.1) is 5.92 Å². The van der Waals surface area contributed by atoms with Crippen molar-refractivity contribution < 1.29 is 14.3 Å². The summed E-state index contributed by atoms with van der Waals surface area (Å²) in [6.45, 7) is 8.03. The van der Waals surface area contributed by atoms with Crippen molar-refractivity contribution in [2.75, 3.05) is 18.5 Å². The Morgan fingerprint density at radius 2 is 1.33 bits per heavy atom. The van der Waals surface area contributed by atoms with Crippen LogP contribution in [0.25, 0.3) is 0 Å². The van der Waals surface area contributed by atoms with Crippen molar-refractivity contribution in [3.8, 4) is 11.5 Å². The monoisotopic (exact) mass is 493 g/mol. The summed E-state index contributed by atoms with van der Waals surface area (Å²) < 4.78 is 11.6. The number of hydrogen-bond acceptors (Lipinski definition) is 4. The van der Waals surface area contributed by atoms with Gasteiger partial charge in [-0.25, -0.2) is 0 Å². The normalized spacial score (nSPS) is 12.0. The van der Waals surface area contributed by atoms with E-state index in [1.807, 2.05) is 36.4 Å². The molecule has 0 bridgehead atoms. The van der Waals surface area contributed by atoms with Crippen molar-refractivity contribution in [2.24, 2.45) is 5.92 Å². The summed E-state index contributed by atoms with van der Waals surface area (Å²) in [7, 11) is 0. The van der Waals surface area contributed by atoms with Gasteiger partial charge >= 0.3 is 0 Å². The first-order valence-corrected chi connectivity index (χ1v) is 14.1. The lowest BCUT2D eigenvalue weighted by molar-refractivity contribution is 0.104. The highest BCUT2D eigenvalue weighted by molar-refractivity contribution is 6.04. The van der Waals surface area contributed by atoms with Gasteiger partial charge in [0, 0.05) is 23.5 Å². The molecule has 0 saturated carbocycles. The van der Waals surface area contributed by atoms with Crippen LogP contribution in [0.2, 0.25) is 0 Å². The van der Waals surface area contributed by atoms with Crippen LogP contribution in [0.3, 0.4) is 0 Å². The minimum atomic E-state index is -0.0487. The van der Waals surface area contributed by atoms with Crippen molar-refractivity contribution in [3.05, 3.63) is 66.4 Å². The van der Waals surface area contributed by atoms with Gasteiger partial charge in [-0.1, -0.05) is 85.0 Å². The number of carbonyl (C=O) groups is 1. The maximum Gasteiger partial charge on any atom is 0.187 e. The van der Waals surface area contributed by atoms with Crippen LogP contribution in [0.4, 0.5) is 5.69 Å². The maximum absolute atomic E-state index is 12.4. The Bertz CT molecular complexity index is 858. The molecule has 0 aliphatic heterocycles. The predicted octanol–water partition coefficient (Wildman–Crippen LogP) is 9.22. The van der Waals surface area contributed by atoms with Gasteiger partial charge in [0.25, 0.3) is 0 Å². The summed E-state index contributed by atoms with van der Waals surface area (Å²) >= 11 is 0. The van der Waals surface area contributed by atoms with Crippen molar-refractivity contribution in [2.45, 2.75) is 91.4 Å². The number of allylic oxidation sites excluding steroid dienone is 1. The molecule has 0 unspecified atom stereocenters. The van der Waals surface area contributed by atoms with Gasteiger partial charge in [-0.2, -0.15) is 0 Å². The van der Waals surface area contributed by atoms with Crippen molar-refractivity contribution >= 4 is 11.5 Å². The Morgan fingerprint density at radius 3 is 1.94 bits per heavy atom. The molecule has 1 N–H and O–H groups in total. The molecule has 2 aromatic carbocycles. The first kappa shape index (κ1) is 29.5. The molecule has 0 heterocycles. The Hall–Kier alpha value is -2.75. The summed E-state index contributed by atoms with van der Waals surface area (Å²) in [5, 5.41) is 3.15. The van der Waals surface area contributed by atoms with E-state index in [1.54, 1.807) is 24.4 Å². The minimum absolute atomic E-state index is 0.0487. The molecule has 36 heavy (non-hydrogen) atoms. The van der Waals surface area contributed by atoms with Crippen LogP contribution >= 0.6 is 0 Å². The van der Waals surface area contributed by atoms with Gasteiger partial charge in [0.1, 0.15) is 11.5 Å². The van der Waals surface area contributed by atoms with Crippen molar-refractivity contribution in [1.29, 1.82) is 0 Å². The second kappa shape index (κ2) is 18.5. The Labute approximate surface area is 219 Å². The number of carbonyl (C=O) groups excluding carboxylic acids is 1. The molecule has 0 radical (unpaired) electrons. The third-order valence-electron chi connectivity index (χ3n) is 6.48. The molecule has 0 amide bonds. The first-order chi connectivity index (χ1) is 17.6. The lowest BCUT2D eigenvalue weighted by atomic mass is 10.1. The van der Waals surface area contributed by atoms with Crippen LogP contribution in [-0.2, 0) is 0 Å². The van der Waals surface area contributed by atoms with Gasteiger partial charge < -0.3 is 14.8 Å². The number of hydrogen-bond donors (Lipinski definition) is 1. The van der Waals surface area contributed by atoms with E-state index in [1.165, 1.54) is 57.8 Å². The van der Waals surface area contributed by atoms with Gasteiger partial charge in [-0.3, -0.25) is 4.79 Å². The summed E-state index contributed by atoms with van der Waals surface area (Å²) in [4.78, 5) is 12.4. The molecule has 0 spiro atoms. The van der Waals surface area contributed by atoms with Gasteiger partial charge in [0.15, 0.2) is 5.78 Å². The highest BCUT2D eigenvalue weighted by Gasteiger charge is 2.04. The number of benzene rings is 2. The van der Waals surface area contributed by atoms with Crippen molar-refractivity contribution in [1.82, 2.24) is 0 Å². The maximum atomic E-state index is 12.4. The third kappa shape index (κ3) is 12.8. The fraction of sp³-hybridized carbons (Fsp3) is 0.531. The van der Waals surface area contributed by atoms with E-state index in [0.717, 1.165) is 36.6 Å². The molecule has 2 rings (SSSR count). The molecule has 4 heteroatoms. The van der Waals surface area contributed by atoms with Gasteiger partial charge in [-0.05, 0) is 60.9 Å². The van der Waals surface area contributed by atoms with E-state index in [9.17, 15) is 4.79 Å². The molecule has 0 fully saturated rings. The zero-order valence-electron chi connectivity index (χ0n) is 22.8. The zero-order chi connectivity index (χ0) is 25.8. The molecule has 0 aliphatic rings.